The van der Waals surface area contributed by atoms with Gasteiger partial charge in [0.25, 0.3) is 11.8 Å². The predicted octanol–water partition coefficient (Wildman–Crippen LogP) is 3.15. The molecule has 0 atom stereocenters. The van der Waals surface area contributed by atoms with Crippen LogP contribution in [-0.4, -0.2) is 18.4 Å². The van der Waals surface area contributed by atoms with Crippen LogP contribution in [0.5, 0.6) is 5.75 Å². The van der Waals surface area contributed by atoms with Crippen molar-refractivity contribution in [2.75, 3.05) is 6.61 Å². The van der Waals surface area contributed by atoms with Crippen molar-refractivity contribution in [1.29, 1.82) is 0 Å². The maximum Gasteiger partial charge on any atom is 0.273 e. The SMILES string of the molecule is CCCOc1ccccc1C(=O)NNC(=O)c1cccc(I)c1. The molecule has 2 aromatic carbocycles. The third kappa shape index (κ3) is 4.95. The molecule has 2 rings (SSSR count). The highest BCUT2D eigenvalue weighted by Gasteiger charge is 2.13. The van der Waals surface area contributed by atoms with Crippen molar-refractivity contribution in [1.82, 2.24) is 10.9 Å². The molecule has 0 aliphatic heterocycles. The van der Waals surface area contributed by atoms with Gasteiger partial charge in [0, 0.05) is 9.13 Å². The molecule has 120 valence electrons. The highest BCUT2D eigenvalue weighted by Crippen LogP contribution is 2.17. The Kier molecular flexibility index (Phi) is 6.40. The second-order valence-corrected chi connectivity index (χ2v) is 6.01. The Balaban J connectivity index is 2.01. The zero-order valence-corrected chi connectivity index (χ0v) is 14.8. The molecule has 0 fully saturated rings. The fourth-order valence-corrected chi connectivity index (χ4v) is 2.42. The van der Waals surface area contributed by atoms with Gasteiger partial charge in [-0.3, -0.25) is 20.4 Å². The van der Waals surface area contributed by atoms with Crippen LogP contribution in [0.3, 0.4) is 0 Å². The van der Waals surface area contributed by atoms with Gasteiger partial charge >= 0.3 is 0 Å². The highest BCUT2D eigenvalue weighted by molar-refractivity contribution is 14.1. The Morgan fingerprint density at radius 1 is 1.04 bits per heavy atom. The summed E-state index contributed by atoms with van der Waals surface area (Å²) in [4.78, 5) is 24.3. The maximum absolute atomic E-state index is 12.2. The van der Waals surface area contributed by atoms with E-state index in [0.717, 1.165) is 9.99 Å². The Bertz CT molecular complexity index is 704. The van der Waals surface area contributed by atoms with E-state index in [2.05, 4.69) is 33.4 Å². The number of rotatable bonds is 5. The standard InChI is InChI=1S/C17H17IN2O3/c1-2-10-23-15-9-4-3-8-14(15)17(22)20-19-16(21)12-6-5-7-13(18)11-12/h3-9,11H,2,10H2,1H3,(H,19,21)(H,20,22). The number of hydrogen-bond donors (Lipinski definition) is 2. The molecule has 2 amide bonds. The molecule has 0 aromatic heterocycles. The summed E-state index contributed by atoms with van der Waals surface area (Å²) in [5, 5.41) is 0. The van der Waals surface area contributed by atoms with Gasteiger partial charge in [-0.25, -0.2) is 0 Å². The van der Waals surface area contributed by atoms with E-state index in [1.54, 1.807) is 42.5 Å². The van der Waals surface area contributed by atoms with Gasteiger partial charge in [0.15, 0.2) is 0 Å². The summed E-state index contributed by atoms with van der Waals surface area (Å²) in [5.74, 6) is -0.296. The molecule has 0 radical (unpaired) electrons. The van der Waals surface area contributed by atoms with E-state index in [9.17, 15) is 9.59 Å². The van der Waals surface area contributed by atoms with E-state index in [-0.39, 0.29) is 5.91 Å². The fraction of sp³-hybridized carbons (Fsp3) is 0.176. The number of nitrogens with one attached hydrogen (secondary N) is 2. The Morgan fingerprint density at radius 3 is 2.52 bits per heavy atom. The summed E-state index contributed by atoms with van der Waals surface area (Å²) in [7, 11) is 0. The first-order valence-electron chi connectivity index (χ1n) is 7.20. The molecular weight excluding hydrogens is 407 g/mol. The number of para-hydroxylation sites is 1. The first kappa shape index (κ1) is 17.3. The lowest BCUT2D eigenvalue weighted by Gasteiger charge is -2.11. The second kappa shape index (κ2) is 8.52. The lowest BCUT2D eigenvalue weighted by Crippen LogP contribution is -2.41. The summed E-state index contributed by atoms with van der Waals surface area (Å²) in [6.07, 6.45) is 0.847. The molecule has 2 aromatic rings. The molecule has 0 aliphatic rings. The number of benzene rings is 2. The second-order valence-electron chi connectivity index (χ2n) is 4.76. The number of amides is 2. The van der Waals surface area contributed by atoms with Gasteiger partial charge < -0.3 is 4.74 Å². The van der Waals surface area contributed by atoms with Crippen molar-refractivity contribution in [3.8, 4) is 5.75 Å². The van der Waals surface area contributed by atoms with E-state index in [0.29, 0.717) is 23.5 Å². The number of halogens is 1. The number of carbonyl (C=O) groups excluding carboxylic acids is 2. The summed E-state index contributed by atoms with van der Waals surface area (Å²) in [5.41, 5.74) is 5.68. The van der Waals surface area contributed by atoms with Gasteiger partial charge in [-0.05, 0) is 59.3 Å². The molecule has 2 N–H and O–H groups in total. The molecule has 0 aliphatic carbocycles. The van der Waals surface area contributed by atoms with Crippen LogP contribution in [-0.2, 0) is 0 Å². The Morgan fingerprint density at radius 2 is 1.78 bits per heavy atom. The molecule has 23 heavy (non-hydrogen) atoms. The normalized spacial score (nSPS) is 10.0. The number of hydrogen-bond acceptors (Lipinski definition) is 3. The van der Waals surface area contributed by atoms with Gasteiger partial charge in [0.05, 0.1) is 12.2 Å². The van der Waals surface area contributed by atoms with Gasteiger partial charge in [0.1, 0.15) is 5.75 Å². The van der Waals surface area contributed by atoms with Crippen molar-refractivity contribution in [3.63, 3.8) is 0 Å². The minimum absolute atomic E-state index is 0.371. The summed E-state index contributed by atoms with van der Waals surface area (Å²) in [6, 6.07) is 14.0. The largest absolute Gasteiger partial charge is 0.493 e. The molecule has 5 nitrogen and oxygen atoms in total. The quantitative estimate of drug-likeness (QED) is 0.573. The van der Waals surface area contributed by atoms with Crippen LogP contribution >= 0.6 is 22.6 Å². The Labute approximate surface area is 148 Å². The van der Waals surface area contributed by atoms with Crippen molar-refractivity contribution in [2.24, 2.45) is 0 Å². The van der Waals surface area contributed by atoms with E-state index in [1.807, 2.05) is 13.0 Å². The van der Waals surface area contributed by atoms with Crippen molar-refractivity contribution in [3.05, 3.63) is 63.2 Å². The zero-order valence-electron chi connectivity index (χ0n) is 12.6. The highest BCUT2D eigenvalue weighted by atomic mass is 127. The van der Waals surface area contributed by atoms with Crippen molar-refractivity contribution < 1.29 is 14.3 Å². The van der Waals surface area contributed by atoms with E-state index in [4.69, 9.17) is 4.74 Å². The van der Waals surface area contributed by atoms with Crippen LogP contribution in [0.15, 0.2) is 48.5 Å². The van der Waals surface area contributed by atoms with Crippen LogP contribution in [0.4, 0.5) is 0 Å². The topological polar surface area (TPSA) is 67.4 Å². The van der Waals surface area contributed by atoms with Gasteiger partial charge in [-0.15, -0.1) is 0 Å². The summed E-state index contributed by atoms with van der Waals surface area (Å²) in [6.45, 7) is 2.52. The Hall–Kier alpha value is -2.09. The minimum Gasteiger partial charge on any atom is -0.493 e. The maximum atomic E-state index is 12.2. The number of carbonyl (C=O) groups is 2. The first-order chi connectivity index (χ1) is 11.1. The summed E-state index contributed by atoms with van der Waals surface area (Å²) >= 11 is 2.12. The van der Waals surface area contributed by atoms with Gasteiger partial charge in [-0.2, -0.15) is 0 Å². The molecular formula is C17H17IN2O3. The average molecular weight is 424 g/mol. The van der Waals surface area contributed by atoms with Crippen LogP contribution in [0.2, 0.25) is 0 Å². The van der Waals surface area contributed by atoms with Gasteiger partial charge in [-0.1, -0.05) is 25.1 Å². The zero-order chi connectivity index (χ0) is 16.7. The fourth-order valence-electron chi connectivity index (χ4n) is 1.87. The first-order valence-corrected chi connectivity index (χ1v) is 8.27. The van der Waals surface area contributed by atoms with Crippen molar-refractivity contribution in [2.45, 2.75) is 13.3 Å². The number of ether oxygens (including phenoxy) is 1. The molecule has 0 bridgehead atoms. The van der Waals surface area contributed by atoms with E-state index < -0.39 is 5.91 Å². The number of hydrazine groups is 1. The lowest BCUT2D eigenvalue weighted by atomic mass is 10.2. The van der Waals surface area contributed by atoms with Crippen LogP contribution in [0.1, 0.15) is 34.1 Å². The van der Waals surface area contributed by atoms with E-state index in [1.165, 1.54) is 0 Å². The summed E-state index contributed by atoms with van der Waals surface area (Å²) < 4.78 is 6.48. The third-order valence-electron chi connectivity index (χ3n) is 2.97. The third-order valence-corrected chi connectivity index (χ3v) is 3.64. The van der Waals surface area contributed by atoms with Gasteiger partial charge in [0.2, 0.25) is 0 Å². The van der Waals surface area contributed by atoms with Crippen LogP contribution in [0, 0.1) is 3.57 Å². The molecule has 0 saturated carbocycles. The monoisotopic (exact) mass is 424 g/mol. The lowest BCUT2D eigenvalue weighted by molar-refractivity contribution is 0.0844. The molecule has 0 heterocycles. The minimum atomic E-state index is -0.421. The smallest absolute Gasteiger partial charge is 0.273 e. The van der Waals surface area contributed by atoms with Crippen LogP contribution in [0.25, 0.3) is 0 Å². The molecule has 0 spiro atoms. The average Bonchev–Trinajstić information content (AvgIpc) is 2.57. The predicted molar refractivity (Wildman–Crippen MR) is 96.3 cm³/mol. The molecule has 6 heteroatoms. The molecule has 0 unspecified atom stereocenters. The molecule has 0 saturated heterocycles. The van der Waals surface area contributed by atoms with Crippen molar-refractivity contribution >= 4 is 34.4 Å². The van der Waals surface area contributed by atoms with E-state index >= 15 is 0 Å². The van der Waals surface area contributed by atoms with Crippen LogP contribution < -0.4 is 15.6 Å².